The molecule has 1 saturated carbocycles. The molecule has 1 aliphatic rings. The van der Waals surface area contributed by atoms with Crippen molar-refractivity contribution in [2.45, 2.75) is 50.9 Å². The van der Waals surface area contributed by atoms with E-state index in [1.807, 2.05) is 12.1 Å². The van der Waals surface area contributed by atoms with Crippen molar-refractivity contribution in [1.82, 2.24) is 0 Å². The largest absolute Gasteiger partial charge is 0.502 e. The summed E-state index contributed by atoms with van der Waals surface area (Å²) in [5.41, 5.74) is 2.17. The number of rotatable bonds is 7. The van der Waals surface area contributed by atoms with Gasteiger partial charge in [0.15, 0.2) is 0 Å². The van der Waals surface area contributed by atoms with E-state index in [-0.39, 0.29) is 0 Å². The van der Waals surface area contributed by atoms with Crippen LogP contribution in [0.25, 0.3) is 0 Å². The summed E-state index contributed by atoms with van der Waals surface area (Å²) < 4.78 is 5.16. The molecular weight excluding hydrogens is 258 g/mol. The summed E-state index contributed by atoms with van der Waals surface area (Å²) in [6.45, 7) is 4.37. The van der Waals surface area contributed by atoms with Crippen LogP contribution in [-0.2, 0) is 4.74 Å². The van der Waals surface area contributed by atoms with Crippen LogP contribution in [-0.4, -0.2) is 6.61 Å². The summed E-state index contributed by atoms with van der Waals surface area (Å²) in [6.07, 6.45) is 10.5. The molecule has 2 nitrogen and oxygen atoms in total. The van der Waals surface area contributed by atoms with Gasteiger partial charge in [0.25, 0.3) is 0 Å². The third kappa shape index (κ3) is 4.93. The molecule has 0 saturated heterocycles. The van der Waals surface area contributed by atoms with Gasteiger partial charge >= 0.3 is 0 Å². The fourth-order valence-electron chi connectivity index (χ4n) is 3.32. The van der Waals surface area contributed by atoms with Crippen LogP contribution in [0.2, 0.25) is 0 Å². The predicted molar refractivity (Wildman–Crippen MR) is 85.9 cm³/mol. The second-order valence-electron chi connectivity index (χ2n) is 5.98. The first kappa shape index (κ1) is 15.6. The van der Waals surface area contributed by atoms with E-state index in [1.54, 1.807) is 0 Å². The lowest BCUT2D eigenvalue weighted by Gasteiger charge is -2.28. The average Bonchev–Trinajstić information content (AvgIpc) is 2.55. The van der Waals surface area contributed by atoms with Gasteiger partial charge in [-0.2, -0.15) is 5.26 Å². The van der Waals surface area contributed by atoms with Crippen LogP contribution < -0.4 is 0 Å². The number of ether oxygens (including phenoxy) is 1. The van der Waals surface area contributed by atoms with Gasteiger partial charge in [-0.05, 0) is 68.1 Å². The first-order chi connectivity index (χ1) is 10.3. The van der Waals surface area contributed by atoms with E-state index in [0.29, 0.717) is 5.92 Å². The second-order valence-corrected chi connectivity index (χ2v) is 5.98. The Bertz CT molecular complexity index is 463. The summed E-state index contributed by atoms with van der Waals surface area (Å²) in [6, 6.07) is 10.3. The summed E-state index contributed by atoms with van der Waals surface area (Å²) in [4.78, 5) is 0. The van der Waals surface area contributed by atoms with Crippen LogP contribution >= 0.6 is 0 Å². The maximum Gasteiger partial charge on any atom is 0.0991 e. The van der Waals surface area contributed by atoms with Crippen molar-refractivity contribution in [1.29, 1.82) is 5.26 Å². The molecule has 1 aromatic rings. The molecular formula is C19H25NO. The van der Waals surface area contributed by atoms with E-state index in [4.69, 9.17) is 10.00 Å². The smallest absolute Gasteiger partial charge is 0.0991 e. The van der Waals surface area contributed by atoms with Crippen molar-refractivity contribution in [3.63, 3.8) is 0 Å². The Morgan fingerprint density at radius 3 is 2.48 bits per heavy atom. The Balaban J connectivity index is 1.70. The molecule has 0 N–H and O–H groups in total. The summed E-state index contributed by atoms with van der Waals surface area (Å²) in [5.74, 6) is 1.58. The Morgan fingerprint density at radius 2 is 1.86 bits per heavy atom. The van der Waals surface area contributed by atoms with Gasteiger partial charge in [-0.25, -0.2) is 0 Å². The summed E-state index contributed by atoms with van der Waals surface area (Å²) >= 11 is 0. The minimum atomic E-state index is 0.693. The monoisotopic (exact) mass is 283 g/mol. The number of hydrogen-bond donors (Lipinski definition) is 0. The number of nitriles is 1. The molecule has 0 spiro atoms. The van der Waals surface area contributed by atoms with Crippen LogP contribution in [0.3, 0.4) is 0 Å². The lowest BCUT2D eigenvalue weighted by atomic mass is 9.77. The third-order valence-electron chi connectivity index (χ3n) is 4.60. The fraction of sp³-hybridized carbons (Fsp3) is 0.526. The Kier molecular flexibility index (Phi) is 6.34. The van der Waals surface area contributed by atoms with Gasteiger partial charge in [0.05, 0.1) is 24.5 Å². The molecule has 0 atom stereocenters. The van der Waals surface area contributed by atoms with Gasteiger partial charge in [0.2, 0.25) is 0 Å². The highest BCUT2D eigenvalue weighted by atomic mass is 16.5. The minimum absolute atomic E-state index is 0.693. The molecule has 0 radical (unpaired) electrons. The highest BCUT2D eigenvalue weighted by Gasteiger charge is 2.21. The molecule has 0 unspecified atom stereocenters. The zero-order chi connectivity index (χ0) is 14.9. The third-order valence-corrected chi connectivity index (χ3v) is 4.60. The molecule has 1 aromatic carbocycles. The highest BCUT2D eigenvalue weighted by Crippen LogP contribution is 2.37. The molecule has 21 heavy (non-hydrogen) atoms. The zero-order valence-electron chi connectivity index (χ0n) is 12.8. The predicted octanol–water partition coefficient (Wildman–Crippen LogP) is 5.16. The van der Waals surface area contributed by atoms with Crippen LogP contribution in [0.4, 0.5) is 0 Å². The second kappa shape index (κ2) is 8.52. The first-order valence-corrected chi connectivity index (χ1v) is 8.06. The maximum atomic E-state index is 8.85. The van der Waals surface area contributed by atoms with Crippen molar-refractivity contribution >= 4 is 0 Å². The van der Waals surface area contributed by atoms with E-state index in [2.05, 4.69) is 24.8 Å². The van der Waals surface area contributed by atoms with E-state index in [9.17, 15) is 0 Å². The fourth-order valence-corrected chi connectivity index (χ4v) is 3.32. The van der Waals surface area contributed by atoms with Crippen LogP contribution in [0.5, 0.6) is 0 Å². The number of benzene rings is 1. The average molecular weight is 283 g/mol. The zero-order valence-corrected chi connectivity index (χ0v) is 12.8. The Hall–Kier alpha value is -1.75. The van der Waals surface area contributed by atoms with Crippen molar-refractivity contribution < 1.29 is 4.74 Å². The van der Waals surface area contributed by atoms with Crippen molar-refractivity contribution in [2.24, 2.45) is 5.92 Å². The summed E-state index contributed by atoms with van der Waals surface area (Å²) in [5, 5.41) is 8.85. The number of hydrogen-bond acceptors (Lipinski definition) is 2. The number of unbranched alkanes of at least 4 members (excludes halogenated alkanes) is 1. The summed E-state index contributed by atoms with van der Waals surface area (Å²) in [7, 11) is 0. The lowest BCUT2D eigenvalue weighted by molar-refractivity contribution is 0.232. The van der Waals surface area contributed by atoms with Crippen molar-refractivity contribution in [2.75, 3.05) is 6.61 Å². The van der Waals surface area contributed by atoms with Gasteiger partial charge in [-0.1, -0.05) is 25.1 Å². The molecule has 2 heteroatoms. The van der Waals surface area contributed by atoms with Crippen LogP contribution in [0.1, 0.15) is 62.0 Å². The van der Waals surface area contributed by atoms with Gasteiger partial charge in [-0.3, -0.25) is 0 Å². The van der Waals surface area contributed by atoms with Crippen molar-refractivity contribution in [3.05, 3.63) is 48.2 Å². The van der Waals surface area contributed by atoms with Gasteiger partial charge < -0.3 is 4.74 Å². The molecule has 2 rings (SSSR count). The maximum absolute atomic E-state index is 8.85. The number of nitrogens with zero attached hydrogens (tertiary/aromatic N) is 1. The molecule has 1 fully saturated rings. The quantitative estimate of drug-likeness (QED) is 0.511. The topological polar surface area (TPSA) is 33.0 Å². The van der Waals surface area contributed by atoms with Gasteiger partial charge in [0, 0.05) is 0 Å². The molecule has 0 aliphatic heterocycles. The van der Waals surface area contributed by atoms with Crippen molar-refractivity contribution in [3.8, 4) is 6.07 Å². The normalized spacial score (nSPS) is 21.5. The van der Waals surface area contributed by atoms with Crippen LogP contribution in [0, 0.1) is 17.2 Å². The standard InChI is InChI=1S/C19H25NO/c1-2-21-14-4-3-5-16-6-10-18(11-7-16)19-12-8-17(15-20)9-13-19/h2,8-9,12-13,16,18H,1,3-7,10-11,14H2/t16-,18-. The molecule has 0 bridgehead atoms. The van der Waals surface area contributed by atoms with E-state index in [0.717, 1.165) is 24.5 Å². The van der Waals surface area contributed by atoms with E-state index >= 15 is 0 Å². The Morgan fingerprint density at radius 1 is 1.14 bits per heavy atom. The molecule has 1 aliphatic carbocycles. The van der Waals surface area contributed by atoms with Gasteiger partial charge in [0.1, 0.15) is 0 Å². The molecule has 0 amide bonds. The molecule has 0 heterocycles. The van der Waals surface area contributed by atoms with Crippen LogP contribution in [0.15, 0.2) is 37.1 Å². The van der Waals surface area contributed by atoms with E-state index < -0.39 is 0 Å². The first-order valence-electron chi connectivity index (χ1n) is 8.06. The lowest BCUT2D eigenvalue weighted by Crippen LogP contribution is -2.13. The SMILES string of the molecule is C=COCCCC[C@H]1CC[C@H](c2ccc(C#N)cc2)CC1. The molecule has 112 valence electrons. The Labute approximate surface area is 128 Å². The molecule has 0 aromatic heterocycles. The van der Waals surface area contributed by atoms with E-state index in [1.165, 1.54) is 50.4 Å². The highest BCUT2D eigenvalue weighted by molar-refractivity contribution is 5.33. The van der Waals surface area contributed by atoms with Gasteiger partial charge in [-0.15, -0.1) is 0 Å². The minimum Gasteiger partial charge on any atom is -0.502 e.